The monoisotopic (exact) mass is 290 g/mol. The molecule has 1 aliphatic carbocycles. The number of ether oxygens (including phenoxy) is 1. The largest absolute Gasteiger partial charge is 0.490 e. The Bertz CT molecular complexity index is 520. The Hall–Kier alpha value is -1.75. The van der Waals surface area contributed by atoms with Crippen molar-refractivity contribution >= 4 is 11.7 Å². The number of nitrogens with zero attached hydrogens (tertiary/aromatic N) is 1. The quantitative estimate of drug-likeness (QED) is 0.833. The summed E-state index contributed by atoms with van der Waals surface area (Å²) in [4.78, 5) is 13.6. The summed E-state index contributed by atoms with van der Waals surface area (Å²) in [5.41, 5.74) is 6.34. The number of hydrogen-bond acceptors (Lipinski definition) is 4. The molecule has 2 fully saturated rings. The van der Waals surface area contributed by atoms with Gasteiger partial charge in [-0.1, -0.05) is 6.42 Å². The van der Waals surface area contributed by atoms with Gasteiger partial charge in [0.05, 0.1) is 5.56 Å². The summed E-state index contributed by atoms with van der Waals surface area (Å²) in [6.45, 7) is 2.15. The minimum Gasteiger partial charge on any atom is -0.490 e. The number of carbonyl (C=O) groups is 1. The van der Waals surface area contributed by atoms with E-state index >= 15 is 0 Å². The molecule has 0 unspecified atom stereocenters. The van der Waals surface area contributed by atoms with Crippen molar-refractivity contribution in [3.63, 3.8) is 0 Å². The zero-order valence-electron chi connectivity index (χ0n) is 12.1. The topological polar surface area (TPSA) is 75.8 Å². The van der Waals surface area contributed by atoms with E-state index in [1.54, 1.807) is 12.1 Å². The third-order valence-electron chi connectivity index (χ3n) is 4.55. The summed E-state index contributed by atoms with van der Waals surface area (Å²) in [5, 5.41) is 9.05. The first kappa shape index (κ1) is 14.2. The summed E-state index contributed by atoms with van der Waals surface area (Å²) < 4.78 is 5.94. The van der Waals surface area contributed by atoms with Crippen molar-refractivity contribution in [2.45, 2.75) is 44.2 Å². The second-order valence-corrected chi connectivity index (χ2v) is 6.03. The van der Waals surface area contributed by atoms with Crippen LogP contribution in [0, 0.1) is 0 Å². The molecule has 5 heteroatoms. The molecule has 1 aliphatic heterocycles. The standard InChI is InChI=1S/C16H22N2O3/c17-12-8-11(16(19)20)9-15(10-12)21-14-4-6-18(7-5-14)13-2-1-3-13/h8-10,13-14H,1-7,17H2,(H,19,20). The number of carboxylic acid groups (broad SMARTS) is 1. The average molecular weight is 290 g/mol. The number of hydrogen-bond donors (Lipinski definition) is 2. The fourth-order valence-corrected chi connectivity index (χ4v) is 3.12. The van der Waals surface area contributed by atoms with Crippen molar-refractivity contribution in [2.24, 2.45) is 0 Å². The lowest BCUT2D eigenvalue weighted by Gasteiger charge is -2.41. The molecule has 0 aromatic heterocycles. The lowest BCUT2D eigenvalue weighted by atomic mass is 9.90. The minimum absolute atomic E-state index is 0.157. The predicted molar refractivity (Wildman–Crippen MR) is 80.7 cm³/mol. The number of aromatic carboxylic acids is 1. The molecular weight excluding hydrogens is 268 g/mol. The summed E-state index contributed by atoms with van der Waals surface area (Å²) in [7, 11) is 0. The number of anilines is 1. The third kappa shape index (κ3) is 3.29. The van der Waals surface area contributed by atoms with Gasteiger partial charge in [-0.25, -0.2) is 4.79 Å². The zero-order valence-corrected chi connectivity index (χ0v) is 12.1. The number of likely N-dealkylation sites (tertiary alicyclic amines) is 1. The molecule has 1 heterocycles. The fourth-order valence-electron chi connectivity index (χ4n) is 3.12. The van der Waals surface area contributed by atoms with Crippen LogP contribution in [-0.4, -0.2) is 41.2 Å². The first-order valence-corrected chi connectivity index (χ1v) is 7.66. The number of carboxylic acids is 1. The van der Waals surface area contributed by atoms with Crippen LogP contribution < -0.4 is 10.5 Å². The number of rotatable bonds is 4. The highest BCUT2D eigenvalue weighted by atomic mass is 16.5. The molecule has 1 saturated carbocycles. The number of nitrogen functional groups attached to an aromatic ring is 1. The fraction of sp³-hybridized carbons (Fsp3) is 0.562. The third-order valence-corrected chi connectivity index (χ3v) is 4.55. The number of nitrogens with two attached hydrogens (primary N) is 1. The highest BCUT2D eigenvalue weighted by Gasteiger charge is 2.29. The van der Waals surface area contributed by atoms with E-state index in [1.807, 2.05) is 0 Å². The summed E-state index contributed by atoms with van der Waals surface area (Å²) in [5.74, 6) is -0.415. The molecule has 114 valence electrons. The van der Waals surface area contributed by atoms with Gasteiger partial charge in [0.2, 0.25) is 0 Å². The molecule has 2 aliphatic rings. The minimum atomic E-state index is -0.980. The molecule has 3 rings (SSSR count). The van der Waals surface area contributed by atoms with Crippen LogP contribution >= 0.6 is 0 Å². The van der Waals surface area contributed by atoms with E-state index in [0.29, 0.717) is 11.4 Å². The predicted octanol–water partition coefficient (Wildman–Crippen LogP) is 2.36. The number of benzene rings is 1. The van der Waals surface area contributed by atoms with Gasteiger partial charge in [-0.05, 0) is 37.8 Å². The summed E-state index contributed by atoms with van der Waals surface area (Å²) in [6, 6.07) is 5.49. The van der Waals surface area contributed by atoms with E-state index < -0.39 is 5.97 Å². The van der Waals surface area contributed by atoms with Gasteiger partial charge < -0.3 is 20.5 Å². The number of piperidine rings is 1. The summed E-state index contributed by atoms with van der Waals surface area (Å²) >= 11 is 0. The van der Waals surface area contributed by atoms with Gasteiger partial charge in [0.15, 0.2) is 0 Å². The van der Waals surface area contributed by atoms with Gasteiger partial charge in [-0.3, -0.25) is 0 Å². The van der Waals surface area contributed by atoms with Crippen molar-refractivity contribution in [3.05, 3.63) is 23.8 Å². The van der Waals surface area contributed by atoms with Crippen molar-refractivity contribution in [3.8, 4) is 5.75 Å². The van der Waals surface area contributed by atoms with Gasteiger partial charge in [0.1, 0.15) is 11.9 Å². The van der Waals surface area contributed by atoms with Crippen LogP contribution in [0.5, 0.6) is 5.75 Å². The Morgan fingerprint density at radius 3 is 2.48 bits per heavy atom. The molecule has 1 aromatic carbocycles. The first-order chi connectivity index (χ1) is 10.1. The smallest absolute Gasteiger partial charge is 0.335 e. The molecule has 5 nitrogen and oxygen atoms in total. The average Bonchev–Trinajstić information content (AvgIpc) is 2.38. The van der Waals surface area contributed by atoms with Crippen LogP contribution in [0.4, 0.5) is 5.69 Å². The maximum absolute atomic E-state index is 11.0. The van der Waals surface area contributed by atoms with Crippen molar-refractivity contribution < 1.29 is 14.6 Å². The maximum atomic E-state index is 11.0. The molecule has 0 spiro atoms. The first-order valence-electron chi connectivity index (χ1n) is 7.66. The van der Waals surface area contributed by atoms with E-state index in [0.717, 1.165) is 32.0 Å². The van der Waals surface area contributed by atoms with Gasteiger partial charge in [0.25, 0.3) is 0 Å². The maximum Gasteiger partial charge on any atom is 0.335 e. The second-order valence-electron chi connectivity index (χ2n) is 6.03. The lowest BCUT2D eigenvalue weighted by molar-refractivity contribution is 0.0492. The van der Waals surface area contributed by atoms with E-state index in [9.17, 15) is 4.79 Å². The van der Waals surface area contributed by atoms with E-state index in [4.69, 9.17) is 15.6 Å². The molecular formula is C16H22N2O3. The Kier molecular flexibility index (Phi) is 4.01. The van der Waals surface area contributed by atoms with Crippen molar-refractivity contribution in [1.82, 2.24) is 4.90 Å². The molecule has 0 bridgehead atoms. The van der Waals surface area contributed by atoms with Crippen LogP contribution in [0.2, 0.25) is 0 Å². The van der Waals surface area contributed by atoms with E-state index in [2.05, 4.69) is 4.90 Å². The highest BCUT2D eigenvalue weighted by molar-refractivity contribution is 5.89. The van der Waals surface area contributed by atoms with Crippen molar-refractivity contribution in [1.29, 1.82) is 0 Å². The Labute approximate surface area is 124 Å². The van der Waals surface area contributed by atoms with Gasteiger partial charge in [-0.2, -0.15) is 0 Å². The van der Waals surface area contributed by atoms with E-state index in [1.165, 1.54) is 25.3 Å². The molecule has 21 heavy (non-hydrogen) atoms. The van der Waals surface area contributed by atoms with Gasteiger partial charge in [-0.15, -0.1) is 0 Å². The SMILES string of the molecule is Nc1cc(OC2CCN(C3CCC3)CC2)cc(C(=O)O)c1. The van der Waals surface area contributed by atoms with Crippen LogP contribution in [0.25, 0.3) is 0 Å². The molecule has 3 N–H and O–H groups in total. The Balaban J connectivity index is 1.58. The van der Waals surface area contributed by atoms with Crippen LogP contribution in [0.1, 0.15) is 42.5 Å². The van der Waals surface area contributed by atoms with Gasteiger partial charge >= 0.3 is 5.97 Å². The molecule has 1 saturated heterocycles. The molecule has 1 aromatic rings. The Morgan fingerprint density at radius 1 is 1.19 bits per heavy atom. The van der Waals surface area contributed by atoms with E-state index in [-0.39, 0.29) is 11.7 Å². The molecule has 0 amide bonds. The van der Waals surface area contributed by atoms with Gasteiger partial charge in [0, 0.05) is 30.9 Å². The second kappa shape index (κ2) is 5.93. The highest BCUT2D eigenvalue weighted by Crippen LogP contribution is 2.29. The zero-order chi connectivity index (χ0) is 14.8. The summed E-state index contributed by atoms with van der Waals surface area (Å²) in [6.07, 6.45) is 6.18. The molecule has 0 radical (unpaired) electrons. The van der Waals surface area contributed by atoms with Crippen LogP contribution in [-0.2, 0) is 0 Å². The Morgan fingerprint density at radius 2 is 1.90 bits per heavy atom. The van der Waals surface area contributed by atoms with Crippen LogP contribution in [0.3, 0.4) is 0 Å². The normalized spacial score (nSPS) is 21.0. The lowest BCUT2D eigenvalue weighted by Crippen LogP contribution is -2.46. The van der Waals surface area contributed by atoms with Crippen molar-refractivity contribution in [2.75, 3.05) is 18.8 Å². The van der Waals surface area contributed by atoms with Crippen LogP contribution in [0.15, 0.2) is 18.2 Å². The molecule has 0 atom stereocenters.